The van der Waals surface area contributed by atoms with Crippen LogP contribution in [0.25, 0.3) is 0 Å². The topological polar surface area (TPSA) is 0 Å². The molecular formula is C11H17ClS. The predicted octanol–water partition coefficient (Wildman–Crippen LogP) is 4.87. The molecule has 0 aliphatic carbocycles. The van der Waals surface area contributed by atoms with E-state index in [-0.39, 0.29) is 0 Å². The van der Waals surface area contributed by atoms with Gasteiger partial charge in [-0.15, -0.1) is 11.3 Å². The summed E-state index contributed by atoms with van der Waals surface area (Å²) < 4.78 is 0.908. The summed E-state index contributed by atoms with van der Waals surface area (Å²) in [6.07, 6.45) is 3.67. The smallest absolute Gasteiger partial charge is 0.0931 e. The molecule has 1 unspecified atom stereocenters. The first-order valence-electron chi connectivity index (χ1n) is 4.87. The molecule has 0 bridgehead atoms. The number of rotatable bonds is 4. The third kappa shape index (κ3) is 2.47. The summed E-state index contributed by atoms with van der Waals surface area (Å²) in [4.78, 5) is 0. The minimum atomic E-state index is 0.332. The number of hydrogen-bond donors (Lipinski definition) is 0. The van der Waals surface area contributed by atoms with E-state index in [1.807, 2.05) is 0 Å². The molecule has 0 nitrogen and oxygen atoms in total. The summed E-state index contributed by atoms with van der Waals surface area (Å²) in [6.45, 7) is 6.82. The minimum absolute atomic E-state index is 0.332. The number of thiophene rings is 1. The first kappa shape index (κ1) is 11.1. The van der Waals surface area contributed by atoms with E-state index >= 15 is 0 Å². The average Bonchev–Trinajstić information content (AvgIpc) is 2.52. The third-order valence-corrected chi connectivity index (χ3v) is 3.94. The highest BCUT2D eigenvalue weighted by Gasteiger charge is 2.24. The van der Waals surface area contributed by atoms with Crippen LogP contribution in [0.4, 0.5) is 0 Å². The molecule has 1 heterocycles. The fourth-order valence-electron chi connectivity index (χ4n) is 1.70. The van der Waals surface area contributed by atoms with Gasteiger partial charge in [0, 0.05) is 0 Å². The number of hydrogen-bond acceptors (Lipinski definition) is 1. The Hall–Kier alpha value is -0.0100. The Morgan fingerprint density at radius 3 is 2.54 bits per heavy atom. The molecule has 0 N–H and O–H groups in total. The molecule has 0 radical (unpaired) electrons. The Bertz CT molecular complexity index is 267. The Morgan fingerprint density at radius 1 is 1.46 bits per heavy atom. The van der Waals surface area contributed by atoms with Gasteiger partial charge in [-0.25, -0.2) is 0 Å². The Morgan fingerprint density at radius 2 is 2.15 bits per heavy atom. The minimum Gasteiger partial charge on any atom is -0.132 e. The zero-order chi connectivity index (χ0) is 9.90. The molecule has 74 valence electrons. The van der Waals surface area contributed by atoms with E-state index in [2.05, 4.69) is 32.2 Å². The lowest BCUT2D eigenvalue weighted by Gasteiger charge is -2.26. The van der Waals surface area contributed by atoms with Gasteiger partial charge in [-0.1, -0.05) is 38.8 Å². The van der Waals surface area contributed by atoms with Crippen LogP contribution in [0.15, 0.2) is 11.4 Å². The third-order valence-electron chi connectivity index (χ3n) is 2.85. The van der Waals surface area contributed by atoms with Crippen molar-refractivity contribution in [3.8, 4) is 0 Å². The van der Waals surface area contributed by atoms with Gasteiger partial charge in [0.25, 0.3) is 0 Å². The van der Waals surface area contributed by atoms with Gasteiger partial charge in [0.1, 0.15) is 0 Å². The summed E-state index contributed by atoms with van der Waals surface area (Å²) in [5.41, 5.74) is 1.74. The van der Waals surface area contributed by atoms with Crippen LogP contribution < -0.4 is 0 Å². The molecule has 0 saturated heterocycles. The van der Waals surface area contributed by atoms with Crippen molar-refractivity contribution in [2.24, 2.45) is 0 Å². The fraction of sp³-hybridized carbons (Fsp3) is 0.636. The average molecular weight is 217 g/mol. The van der Waals surface area contributed by atoms with Crippen molar-refractivity contribution in [1.82, 2.24) is 0 Å². The van der Waals surface area contributed by atoms with Crippen LogP contribution in [0.5, 0.6) is 0 Å². The van der Waals surface area contributed by atoms with Crippen molar-refractivity contribution in [1.29, 1.82) is 0 Å². The predicted molar refractivity (Wildman–Crippen MR) is 61.9 cm³/mol. The summed E-state index contributed by atoms with van der Waals surface area (Å²) in [7, 11) is 0. The quantitative estimate of drug-likeness (QED) is 0.674. The second-order valence-electron chi connectivity index (χ2n) is 3.80. The van der Waals surface area contributed by atoms with E-state index in [9.17, 15) is 0 Å². The van der Waals surface area contributed by atoms with Crippen LogP contribution >= 0.6 is 22.9 Å². The standard InChI is InChI=1S/C11H17ClS/c1-4-6-11(3,5-2)9-7-10(12)13-8-9/h7-8H,4-6H2,1-3H3. The molecule has 1 aromatic rings. The van der Waals surface area contributed by atoms with Crippen LogP contribution in [0.1, 0.15) is 45.6 Å². The molecule has 0 aromatic carbocycles. The summed E-state index contributed by atoms with van der Waals surface area (Å²) in [5, 5.41) is 2.20. The van der Waals surface area contributed by atoms with Crippen LogP contribution in [0.2, 0.25) is 4.34 Å². The molecular weight excluding hydrogens is 200 g/mol. The Balaban J connectivity index is 2.88. The van der Waals surface area contributed by atoms with Gasteiger partial charge in [0.2, 0.25) is 0 Å². The molecule has 1 atom stereocenters. The largest absolute Gasteiger partial charge is 0.132 e. The molecule has 0 fully saturated rings. The molecule has 0 amide bonds. The Labute approximate surface area is 89.9 Å². The highest BCUT2D eigenvalue weighted by Crippen LogP contribution is 2.36. The van der Waals surface area contributed by atoms with Gasteiger partial charge in [-0.3, -0.25) is 0 Å². The van der Waals surface area contributed by atoms with E-state index < -0.39 is 0 Å². The first-order valence-corrected chi connectivity index (χ1v) is 6.12. The van der Waals surface area contributed by atoms with Crippen molar-refractivity contribution in [3.05, 3.63) is 21.3 Å². The lowest BCUT2D eigenvalue weighted by atomic mass is 9.78. The highest BCUT2D eigenvalue weighted by molar-refractivity contribution is 7.14. The lowest BCUT2D eigenvalue weighted by molar-refractivity contribution is 0.415. The maximum atomic E-state index is 5.94. The van der Waals surface area contributed by atoms with Crippen LogP contribution in [0, 0.1) is 0 Å². The summed E-state index contributed by atoms with van der Waals surface area (Å²) in [5.74, 6) is 0. The normalized spacial score (nSPS) is 15.7. The van der Waals surface area contributed by atoms with E-state index in [1.165, 1.54) is 24.8 Å². The lowest BCUT2D eigenvalue weighted by Crippen LogP contribution is -2.19. The van der Waals surface area contributed by atoms with Gasteiger partial charge >= 0.3 is 0 Å². The maximum absolute atomic E-state index is 5.94. The van der Waals surface area contributed by atoms with Crippen molar-refractivity contribution in [2.75, 3.05) is 0 Å². The molecule has 2 heteroatoms. The molecule has 0 spiro atoms. The van der Waals surface area contributed by atoms with E-state index in [0.717, 1.165) is 4.34 Å². The highest BCUT2D eigenvalue weighted by atomic mass is 35.5. The van der Waals surface area contributed by atoms with Gasteiger partial charge in [-0.2, -0.15) is 0 Å². The van der Waals surface area contributed by atoms with E-state index in [4.69, 9.17) is 11.6 Å². The first-order chi connectivity index (χ1) is 6.12. The van der Waals surface area contributed by atoms with E-state index in [0.29, 0.717) is 5.41 Å². The Kier molecular flexibility index (Phi) is 3.81. The van der Waals surface area contributed by atoms with Crippen LogP contribution in [-0.2, 0) is 5.41 Å². The monoisotopic (exact) mass is 216 g/mol. The van der Waals surface area contributed by atoms with Gasteiger partial charge in [0.05, 0.1) is 4.34 Å². The maximum Gasteiger partial charge on any atom is 0.0931 e. The summed E-state index contributed by atoms with van der Waals surface area (Å²) >= 11 is 7.58. The second kappa shape index (κ2) is 4.47. The van der Waals surface area contributed by atoms with Crippen LogP contribution in [-0.4, -0.2) is 0 Å². The molecule has 1 rings (SSSR count). The van der Waals surface area contributed by atoms with Gasteiger partial charge in [-0.05, 0) is 35.3 Å². The van der Waals surface area contributed by atoms with E-state index in [1.54, 1.807) is 11.3 Å². The second-order valence-corrected chi connectivity index (χ2v) is 5.35. The zero-order valence-electron chi connectivity index (χ0n) is 8.56. The molecule has 13 heavy (non-hydrogen) atoms. The van der Waals surface area contributed by atoms with Crippen molar-refractivity contribution in [3.63, 3.8) is 0 Å². The molecule has 1 aromatic heterocycles. The van der Waals surface area contributed by atoms with Crippen molar-refractivity contribution in [2.45, 2.75) is 45.4 Å². The van der Waals surface area contributed by atoms with Crippen LogP contribution in [0.3, 0.4) is 0 Å². The molecule has 0 aliphatic heterocycles. The number of halogens is 1. The molecule has 0 aliphatic rings. The SMILES string of the molecule is CCCC(C)(CC)c1csc(Cl)c1. The van der Waals surface area contributed by atoms with Crippen molar-refractivity contribution < 1.29 is 0 Å². The van der Waals surface area contributed by atoms with Gasteiger partial charge < -0.3 is 0 Å². The van der Waals surface area contributed by atoms with Gasteiger partial charge in [0.15, 0.2) is 0 Å². The fourth-order valence-corrected chi connectivity index (χ4v) is 2.74. The van der Waals surface area contributed by atoms with Crippen molar-refractivity contribution >= 4 is 22.9 Å². The summed E-state index contributed by atoms with van der Waals surface area (Å²) in [6, 6.07) is 2.12. The zero-order valence-corrected chi connectivity index (χ0v) is 10.1. The molecule has 0 saturated carbocycles.